The molecule has 1 amide bonds. The highest BCUT2D eigenvalue weighted by Gasteiger charge is 2.27. The third-order valence-electron chi connectivity index (χ3n) is 3.32. The van der Waals surface area contributed by atoms with Crippen LogP contribution >= 0.6 is 0 Å². The molecule has 2 rings (SSSR count). The Bertz CT molecular complexity index is 583. The van der Waals surface area contributed by atoms with Crippen LogP contribution in [0.3, 0.4) is 0 Å². The summed E-state index contributed by atoms with van der Waals surface area (Å²) in [5.74, 6) is 0.0830. The number of hydrogen-bond acceptors (Lipinski definition) is 5. The molecule has 0 spiro atoms. The second-order valence-electron chi connectivity index (χ2n) is 4.92. The summed E-state index contributed by atoms with van der Waals surface area (Å²) in [5.41, 5.74) is 0.555. The summed E-state index contributed by atoms with van der Waals surface area (Å²) in [4.78, 5) is 17.8. The second-order valence-corrected chi connectivity index (χ2v) is 6.30. The van der Waals surface area contributed by atoms with Crippen LogP contribution in [0.5, 0.6) is 0 Å². The van der Waals surface area contributed by atoms with E-state index in [1.165, 1.54) is 6.39 Å². The highest BCUT2D eigenvalue weighted by molar-refractivity contribution is 7.87. The molecule has 2 heterocycles. The average molecular weight is 302 g/mol. The van der Waals surface area contributed by atoms with Crippen LogP contribution < -0.4 is 9.86 Å². The minimum atomic E-state index is -3.69. The fourth-order valence-corrected chi connectivity index (χ4v) is 2.77. The Balaban J connectivity index is 1.97. The van der Waals surface area contributed by atoms with Crippen LogP contribution in [0.1, 0.15) is 29.1 Å². The zero-order valence-corrected chi connectivity index (χ0v) is 12.0. The monoisotopic (exact) mass is 302 g/mol. The number of nitrogens with one attached hydrogen (secondary N) is 1. The topological polar surface area (TPSA) is 119 Å². The Hall–Kier alpha value is -1.45. The summed E-state index contributed by atoms with van der Waals surface area (Å²) in [6.45, 7) is 3.05. The van der Waals surface area contributed by atoms with E-state index in [0.29, 0.717) is 18.8 Å². The van der Waals surface area contributed by atoms with Crippen LogP contribution in [0.15, 0.2) is 10.8 Å². The molecule has 0 aromatic carbocycles. The van der Waals surface area contributed by atoms with Crippen LogP contribution in [0.25, 0.3) is 0 Å². The fourth-order valence-electron chi connectivity index (χ4n) is 2.30. The number of likely N-dealkylation sites (tertiary alicyclic amines) is 1. The fraction of sp³-hybridized carbons (Fsp3) is 0.636. The van der Waals surface area contributed by atoms with E-state index in [2.05, 4.69) is 9.71 Å². The van der Waals surface area contributed by atoms with Crippen molar-refractivity contribution in [3.63, 3.8) is 0 Å². The number of aromatic nitrogens is 1. The van der Waals surface area contributed by atoms with Crippen LogP contribution in [-0.4, -0.2) is 43.8 Å². The van der Waals surface area contributed by atoms with Gasteiger partial charge in [-0.15, -0.1) is 0 Å². The van der Waals surface area contributed by atoms with Crippen molar-refractivity contribution >= 4 is 16.1 Å². The molecule has 1 aliphatic rings. The Morgan fingerprint density at radius 2 is 2.40 bits per heavy atom. The minimum Gasteiger partial charge on any atom is -0.438 e. The van der Waals surface area contributed by atoms with Gasteiger partial charge in [0.2, 0.25) is 5.76 Å². The van der Waals surface area contributed by atoms with Gasteiger partial charge in [0.05, 0.1) is 5.69 Å². The van der Waals surface area contributed by atoms with Gasteiger partial charge in [0.15, 0.2) is 6.39 Å². The van der Waals surface area contributed by atoms with E-state index in [1.807, 2.05) is 0 Å². The molecule has 0 radical (unpaired) electrons. The van der Waals surface area contributed by atoms with Gasteiger partial charge in [0.25, 0.3) is 16.1 Å². The lowest BCUT2D eigenvalue weighted by Gasteiger charge is -2.32. The number of aryl methyl sites for hydroxylation is 1. The summed E-state index contributed by atoms with van der Waals surface area (Å²) in [6, 6.07) is 0. The van der Waals surface area contributed by atoms with Gasteiger partial charge in [-0.3, -0.25) is 4.79 Å². The lowest BCUT2D eigenvalue weighted by molar-refractivity contribution is 0.0643. The molecule has 1 aromatic heterocycles. The zero-order chi connectivity index (χ0) is 14.8. The van der Waals surface area contributed by atoms with Gasteiger partial charge in [0, 0.05) is 19.6 Å². The number of nitrogens with zero attached hydrogens (tertiary/aromatic N) is 2. The van der Waals surface area contributed by atoms with Crippen molar-refractivity contribution in [1.82, 2.24) is 14.6 Å². The standard InChI is InChI=1S/C11H18N4O4S/c1-8-10(19-7-13-8)11(16)15-4-2-3-9(6-15)5-14-20(12,17)18/h7,9,14H,2-6H2,1H3,(H2,12,17,18). The molecule has 1 atom stereocenters. The minimum absolute atomic E-state index is 0.0502. The Kier molecular flexibility index (Phi) is 4.41. The SMILES string of the molecule is Cc1ncoc1C(=O)N1CCCC(CNS(N)(=O)=O)C1. The van der Waals surface area contributed by atoms with Crippen LogP contribution in [0, 0.1) is 12.8 Å². The number of oxazole rings is 1. The largest absolute Gasteiger partial charge is 0.438 e. The predicted octanol–water partition coefficient (Wildman–Crippen LogP) is -0.372. The van der Waals surface area contributed by atoms with Crippen molar-refractivity contribution in [3.05, 3.63) is 17.8 Å². The van der Waals surface area contributed by atoms with Crippen LogP contribution in [-0.2, 0) is 10.2 Å². The van der Waals surface area contributed by atoms with Crippen molar-refractivity contribution in [3.8, 4) is 0 Å². The first-order valence-electron chi connectivity index (χ1n) is 6.33. The van der Waals surface area contributed by atoms with Gasteiger partial charge in [-0.2, -0.15) is 8.42 Å². The Morgan fingerprint density at radius 1 is 1.65 bits per heavy atom. The molecule has 0 bridgehead atoms. The summed E-state index contributed by atoms with van der Waals surface area (Å²) in [5, 5.41) is 4.90. The third kappa shape index (κ3) is 3.78. The molecule has 3 N–H and O–H groups in total. The smallest absolute Gasteiger partial charge is 0.291 e. The Morgan fingerprint density at radius 3 is 3.00 bits per heavy atom. The molecule has 1 aromatic rings. The van der Waals surface area contributed by atoms with Gasteiger partial charge < -0.3 is 9.32 Å². The van der Waals surface area contributed by atoms with Crippen molar-refractivity contribution < 1.29 is 17.6 Å². The van der Waals surface area contributed by atoms with E-state index in [9.17, 15) is 13.2 Å². The first kappa shape index (κ1) is 14.9. The van der Waals surface area contributed by atoms with Crippen molar-refractivity contribution in [2.24, 2.45) is 11.1 Å². The molecule has 9 heteroatoms. The molecular weight excluding hydrogens is 284 g/mol. The highest BCUT2D eigenvalue weighted by atomic mass is 32.2. The number of nitrogens with two attached hydrogens (primary N) is 1. The number of carbonyl (C=O) groups excluding carboxylic acids is 1. The van der Waals surface area contributed by atoms with E-state index in [-0.39, 0.29) is 24.1 Å². The van der Waals surface area contributed by atoms with E-state index < -0.39 is 10.2 Å². The summed E-state index contributed by atoms with van der Waals surface area (Å²) >= 11 is 0. The summed E-state index contributed by atoms with van der Waals surface area (Å²) < 4.78 is 29.1. The van der Waals surface area contributed by atoms with Gasteiger partial charge in [-0.05, 0) is 25.7 Å². The predicted molar refractivity (Wildman–Crippen MR) is 71.0 cm³/mol. The lowest BCUT2D eigenvalue weighted by atomic mass is 9.98. The van der Waals surface area contributed by atoms with E-state index in [0.717, 1.165) is 12.8 Å². The maximum Gasteiger partial charge on any atom is 0.291 e. The van der Waals surface area contributed by atoms with Gasteiger partial charge in [0.1, 0.15) is 0 Å². The second kappa shape index (κ2) is 5.90. The maximum atomic E-state index is 12.3. The third-order valence-corrected chi connectivity index (χ3v) is 3.89. The summed E-state index contributed by atoms with van der Waals surface area (Å²) in [6.07, 6.45) is 2.91. The molecule has 1 saturated heterocycles. The molecule has 1 unspecified atom stereocenters. The van der Waals surface area contributed by atoms with Crippen molar-refractivity contribution in [1.29, 1.82) is 0 Å². The summed E-state index contributed by atoms with van der Waals surface area (Å²) in [7, 11) is -3.69. The quantitative estimate of drug-likeness (QED) is 0.786. The first-order valence-corrected chi connectivity index (χ1v) is 7.88. The number of rotatable bonds is 4. The van der Waals surface area contributed by atoms with Gasteiger partial charge in [-0.1, -0.05) is 0 Å². The van der Waals surface area contributed by atoms with Crippen molar-refractivity contribution in [2.75, 3.05) is 19.6 Å². The molecule has 1 fully saturated rings. The average Bonchev–Trinajstić information content (AvgIpc) is 2.81. The molecule has 20 heavy (non-hydrogen) atoms. The molecule has 8 nitrogen and oxygen atoms in total. The van der Waals surface area contributed by atoms with E-state index in [4.69, 9.17) is 9.56 Å². The van der Waals surface area contributed by atoms with Gasteiger partial charge >= 0.3 is 0 Å². The number of hydrogen-bond donors (Lipinski definition) is 2. The first-order chi connectivity index (χ1) is 9.37. The van der Waals surface area contributed by atoms with E-state index >= 15 is 0 Å². The number of piperidine rings is 1. The van der Waals surface area contributed by atoms with Crippen molar-refractivity contribution in [2.45, 2.75) is 19.8 Å². The Labute approximate surface area is 117 Å². The zero-order valence-electron chi connectivity index (χ0n) is 11.2. The molecule has 0 saturated carbocycles. The lowest BCUT2D eigenvalue weighted by Crippen LogP contribution is -2.44. The van der Waals surface area contributed by atoms with Crippen LogP contribution in [0.4, 0.5) is 0 Å². The molecule has 0 aliphatic carbocycles. The number of carbonyl (C=O) groups is 1. The normalized spacial score (nSPS) is 20.1. The highest BCUT2D eigenvalue weighted by Crippen LogP contribution is 2.19. The molecular formula is C11H18N4O4S. The molecule has 112 valence electrons. The van der Waals surface area contributed by atoms with E-state index in [1.54, 1.807) is 11.8 Å². The van der Waals surface area contributed by atoms with Gasteiger partial charge in [-0.25, -0.2) is 14.8 Å². The maximum absolute atomic E-state index is 12.3. The van der Waals surface area contributed by atoms with Crippen LogP contribution in [0.2, 0.25) is 0 Å². The molecule has 1 aliphatic heterocycles. The number of amides is 1.